The summed E-state index contributed by atoms with van der Waals surface area (Å²) in [5.41, 5.74) is 1.09. The fourth-order valence-corrected chi connectivity index (χ4v) is 10.1. The Bertz CT molecular complexity index is 1540. The molecular formula is C33H25NP2. The SMILES string of the molecule is c1ccc(P(c2ccccc2)c2ccccc2P(c2ccccc2)c2cccc3cccnc23)cc1. The first-order valence-electron chi connectivity index (χ1n) is 12.1. The average Bonchev–Trinajstić information content (AvgIpc) is 2.96. The van der Waals surface area contributed by atoms with Crippen LogP contribution in [-0.4, -0.2) is 4.98 Å². The maximum atomic E-state index is 4.87. The van der Waals surface area contributed by atoms with Gasteiger partial charge in [0.25, 0.3) is 0 Å². The van der Waals surface area contributed by atoms with Crippen molar-refractivity contribution in [1.82, 2.24) is 4.98 Å². The Labute approximate surface area is 215 Å². The molecule has 0 N–H and O–H groups in total. The molecule has 1 nitrogen and oxygen atoms in total. The Hall–Kier alpha value is -3.63. The van der Waals surface area contributed by atoms with Gasteiger partial charge in [-0.15, -0.1) is 0 Å². The number of rotatable bonds is 6. The van der Waals surface area contributed by atoms with Crippen LogP contribution in [0.5, 0.6) is 0 Å². The van der Waals surface area contributed by atoms with Crippen LogP contribution in [0.25, 0.3) is 10.9 Å². The van der Waals surface area contributed by atoms with Crippen LogP contribution < -0.4 is 31.8 Å². The normalized spacial score (nSPS) is 12.0. The quantitative estimate of drug-likeness (QED) is 0.267. The highest BCUT2D eigenvalue weighted by atomic mass is 31.1. The Kier molecular flexibility index (Phi) is 6.68. The van der Waals surface area contributed by atoms with Crippen molar-refractivity contribution in [3.8, 4) is 0 Å². The third kappa shape index (κ3) is 4.49. The second-order valence-electron chi connectivity index (χ2n) is 8.52. The van der Waals surface area contributed by atoms with Gasteiger partial charge in [0, 0.05) is 16.9 Å². The van der Waals surface area contributed by atoms with Gasteiger partial charge in [-0.05, 0) is 48.4 Å². The van der Waals surface area contributed by atoms with Crippen LogP contribution in [0, 0.1) is 0 Å². The summed E-state index contributed by atoms with van der Waals surface area (Å²) in [7, 11) is -1.55. The number of fused-ring (bicyclic) bond motifs is 1. The lowest BCUT2D eigenvalue weighted by Crippen LogP contribution is -2.34. The molecule has 0 saturated heterocycles. The zero-order chi connectivity index (χ0) is 24.2. The van der Waals surface area contributed by atoms with E-state index in [1.807, 2.05) is 12.3 Å². The molecule has 36 heavy (non-hydrogen) atoms. The van der Waals surface area contributed by atoms with Crippen LogP contribution >= 0.6 is 15.8 Å². The second-order valence-corrected chi connectivity index (χ2v) is 12.9. The zero-order valence-electron chi connectivity index (χ0n) is 19.8. The largest absolute Gasteiger partial charge is 0.256 e. The summed E-state index contributed by atoms with van der Waals surface area (Å²) >= 11 is 0. The summed E-state index contributed by atoms with van der Waals surface area (Å²) in [5.74, 6) is 0. The lowest BCUT2D eigenvalue weighted by molar-refractivity contribution is 1.42. The number of nitrogens with zero attached hydrogens (tertiary/aromatic N) is 1. The van der Waals surface area contributed by atoms with Crippen molar-refractivity contribution in [3.05, 3.63) is 152 Å². The van der Waals surface area contributed by atoms with E-state index in [4.69, 9.17) is 4.98 Å². The smallest absolute Gasteiger partial charge is 0.0785 e. The van der Waals surface area contributed by atoms with Crippen LogP contribution in [0.4, 0.5) is 0 Å². The van der Waals surface area contributed by atoms with Crippen molar-refractivity contribution < 1.29 is 0 Å². The molecule has 6 aromatic rings. The van der Waals surface area contributed by atoms with Gasteiger partial charge in [0.1, 0.15) is 0 Å². The molecule has 172 valence electrons. The fourth-order valence-electron chi connectivity index (χ4n) is 4.68. The topological polar surface area (TPSA) is 12.9 Å². The fraction of sp³-hybridized carbons (Fsp3) is 0. The van der Waals surface area contributed by atoms with E-state index in [0.717, 1.165) is 5.52 Å². The minimum atomic E-state index is -0.826. The molecule has 1 aromatic heterocycles. The van der Waals surface area contributed by atoms with Crippen molar-refractivity contribution in [1.29, 1.82) is 0 Å². The van der Waals surface area contributed by atoms with Gasteiger partial charge < -0.3 is 0 Å². The zero-order valence-corrected chi connectivity index (χ0v) is 21.6. The highest BCUT2D eigenvalue weighted by Gasteiger charge is 2.26. The van der Waals surface area contributed by atoms with Gasteiger partial charge in [0.2, 0.25) is 0 Å². The third-order valence-electron chi connectivity index (χ3n) is 6.26. The maximum Gasteiger partial charge on any atom is 0.0785 e. The summed E-state index contributed by atoms with van der Waals surface area (Å²) in [5, 5.41) is 9.37. The molecule has 0 spiro atoms. The van der Waals surface area contributed by atoms with Crippen LogP contribution in [0.2, 0.25) is 0 Å². The highest BCUT2D eigenvalue weighted by molar-refractivity contribution is 7.85. The van der Waals surface area contributed by atoms with E-state index in [0.29, 0.717) is 0 Å². The van der Waals surface area contributed by atoms with Gasteiger partial charge in [-0.25, -0.2) is 0 Å². The van der Waals surface area contributed by atoms with E-state index in [1.165, 1.54) is 37.2 Å². The van der Waals surface area contributed by atoms with E-state index in [9.17, 15) is 0 Å². The molecule has 1 unspecified atom stereocenters. The van der Waals surface area contributed by atoms with Gasteiger partial charge >= 0.3 is 0 Å². The van der Waals surface area contributed by atoms with Gasteiger partial charge in [-0.3, -0.25) is 4.98 Å². The molecule has 0 amide bonds. The van der Waals surface area contributed by atoms with E-state index in [-0.39, 0.29) is 0 Å². The molecular weight excluding hydrogens is 472 g/mol. The summed E-state index contributed by atoms with van der Waals surface area (Å²) in [6, 6.07) is 52.8. The van der Waals surface area contributed by atoms with E-state index in [2.05, 4.69) is 140 Å². The van der Waals surface area contributed by atoms with Crippen LogP contribution in [0.3, 0.4) is 0 Å². The van der Waals surface area contributed by atoms with Crippen molar-refractivity contribution in [3.63, 3.8) is 0 Å². The Morgan fingerprint density at radius 1 is 0.361 bits per heavy atom. The number of benzene rings is 5. The monoisotopic (exact) mass is 497 g/mol. The molecule has 6 rings (SSSR count). The second kappa shape index (κ2) is 10.5. The van der Waals surface area contributed by atoms with E-state index in [1.54, 1.807) is 0 Å². The predicted molar refractivity (Wildman–Crippen MR) is 159 cm³/mol. The number of hydrogen-bond donors (Lipinski definition) is 0. The molecule has 3 heteroatoms. The van der Waals surface area contributed by atoms with Crippen molar-refractivity contribution in [2.45, 2.75) is 0 Å². The third-order valence-corrected chi connectivity index (χ3v) is 11.5. The molecule has 0 aliphatic carbocycles. The van der Waals surface area contributed by atoms with Crippen molar-refractivity contribution in [2.75, 3.05) is 0 Å². The summed E-state index contributed by atoms with van der Waals surface area (Å²) < 4.78 is 0. The molecule has 0 aliphatic rings. The Morgan fingerprint density at radius 3 is 1.39 bits per heavy atom. The number of pyridine rings is 1. The molecule has 0 saturated carbocycles. The molecule has 1 heterocycles. The molecule has 0 fully saturated rings. The standard InChI is InChI=1S/C33H25NP2/c1-4-16-27(17-5-1)35(28-18-6-2-7-19-28)30-22-10-11-23-31(30)36(29-20-8-3-9-21-29)32-24-12-14-26-15-13-25-34-33(26)32/h1-25H. The summed E-state index contributed by atoms with van der Waals surface area (Å²) in [6.07, 6.45) is 1.91. The number of para-hydroxylation sites is 1. The van der Waals surface area contributed by atoms with Crippen molar-refractivity contribution in [2.24, 2.45) is 0 Å². The predicted octanol–water partition coefficient (Wildman–Crippen LogP) is 5.75. The molecule has 0 radical (unpaired) electrons. The lowest BCUT2D eigenvalue weighted by atomic mass is 10.2. The van der Waals surface area contributed by atoms with E-state index >= 15 is 0 Å². The minimum Gasteiger partial charge on any atom is -0.256 e. The molecule has 0 bridgehead atoms. The van der Waals surface area contributed by atoms with Gasteiger partial charge in [-0.2, -0.15) is 0 Å². The Balaban J connectivity index is 1.63. The molecule has 5 aromatic carbocycles. The summed E-state index contributed by atoms with van der Waals surface area (Å²) in [6.45, 7) is 0. The summed E-state index contributed by atoms with van der Waals surface area (Å²) in [4.78, 5) is 4.87. The Morgan fingerprint density at radius 2 is 0.806 bits per heavy atom. The van der Waals surface area contributed by atoms with Gasteiger partial charge in [0.05, 0.1) is 5.52 Å². The lowest BCUT2D eigenvalue weighted by Gasteiger charge is -2.27. The van der Waals surface area contributed by atoms with Crippen molar-refractivity contribution >= 4 is 58.6 Å². The molecule has 1 atom stereocenters. The number of aromatic nitrogens is 1. The number of hydrogen-bond acceptors (Lipinski definition) is 1. The van der Waals surface area contributed by atoms with Gasteiger partial charge in [0.15, 0.2) is 0 Å². The van der Waals surface area contributed by atoms with Crippen LogP contribution in [0.1, 0.15) is 0 Å². The van der Waals surface area contributed by atoms with Crippen LogP contribution in [0.15, 0.2) is 152 Å². The minimum absolute atomic E-state index is 0.727. The van der Waals surface area contributed by atoms with E-state index < -0.39 is 15.8 Å². The average molecular weight is 498 g/mol. The first-order valence-corrected chi connectivity index (χ1v) is 14.8. The van der Waals surface area contributed by atoms with Crippen LogP contribution in [-0.2, 0) is 0 Å². The van der Waals surface area contributed by atoms with Gasteiger partial charge in [-0.1, -0.05) is 140 Å². The first kappa shape index (κ1) is 22.8. The molecule has 0 aliphatic heterocycles. The maximum absolute atomic E-state index is 4.87. The highest BCUT2D eigenvalue weighted by Crippen LogP contribution is 2.40. The first-order chi connectivity index (χ1) is 17.9.